The largest absolute Gasteiger partial charge is 0.330 e. The lowest BCUT2D eigenvalue weighted by atomic mass is 10.1. The number of benzene rings is 1. The molecule has 0 unspecified atom stereocenters. The highest BCUT2D eigenvalue weighted by Gasteiger charge is 2.10. The Morgan fingerprint density at radius 3 is 2.50 bits per heavy atom. The third-order valence-corrected chi connectivity index (χ3v) is 3.11. The zero-order valence-corrected chi connectivity index (χ0v) is 10.5. The minimum atomic E-state index is 0.404. The fourth-order valence-corrected chi connectivity index (χ4v) is 2.21. The second kappa shape index (κ2) is 4.26. The molecular formula is C15H15N3. The summed E-state index contributed by atoms with van der Waals surface area (Å²) in [6.07, 6.45) is 3.72. The maximum atomic E-state index is 4.43. The second-order valence-electron chi connectivity index (χ2n) is 4.64. The normalized spacial score (nSPS) is 11.3. The molecular weight excluding hydrogens is 222 g/mol. The molecule has 0 fully saturated rings. The molecule has 2 heterocycles. The van der Waals surface area contributed by atoms with E-state index in [1.165, 1.54) is 0 Å². The molecule has 0 bridgehead atoms. The van der Waals surface area contributed by atoms with E-state index in [1.807, 2.05) is 18.2 Å². The van der Waals surface area contributed by atoms with Gasteiger partial charge in [-0.2, -0.15) is 0 Å². The molecule has 0 aliphatic heterocycles. The molecule has 0 radical (unpaired) electrons. The summed E-state index contributed by atoms with van der Waals surface area (Å²) < 4.78 is 2.17. The molecule has 3 nitrogen and oxygen atoms in total. The van der Waals surface area contributed by atoms with Crippen molar-refractivity contribution >= 4 is 11.0 Å². The molecule has 0 aliphatic carbocycles. The van der Waals surface area contributed by atoms with Crippen LogP contribution in [0.5, 0.6) is 0 Å². The first-order valence-corrected chi connectivity index (χ1v) is 6.14. The maximum absolute atomic E-state index is 4.43. The molecule has 90 valence electrons. The van der Waals surface area contributed by atoms with Crippen LogP contribution in [0.3, 0.4) is 0 Å². The van der Waals surface area contributed by atoms with Crippen LogP contribution in [0.1, 0.15) is 19.9 Å². The first-order valence-electron chi connectivity index (χ1n) is 6.14. The van der Waals surface area contributed by atoms with E-state index in [1.54, 1.807) is 6.33 Å². The average molecular weight is 237 g/mol. The van der Waals surface area contributed by atoms with E-state index >= 15 is 0 Å². The lowest BCUT2D eigenvalue weighted by Crippen LogP contribution is -2.00. The summed E-state index contributed by atoms with van der Waals surface area (Å²) >= 11 is 0. The van der Waals surface area contributed by atoms with Crippen LogP contribution in [-0.4, -0.2) is 14.5 Å². The van der Waals surface area contributed by atoms with Crippen LogP contribution in [0.15, 0.2) is 48.9 Å². The predicted octanol–water partition coefficient (Wildman–Crippen LogP) is 3.68. The summed E-state index contributed by atoms with van der Waals surface area (Å²) in [5.41, 5.74) is 3.13. The van der Waals surface area contributed by atoms with Crippen LogP contribution in [0, 0.1) is 0 Å². The Kier molecular flexibility index (Phi) is 2.59. The van der Waals surface area contributed by atoms with E-state index in [2.05, 4.69) is 52.8 Å². The van der Waals surface area contributed by atoms with Crippen LogP contribution in [-0.2, 0) is 0 Å². The van der Waals surface area contributed by atoms with Gasteiger partial charge in [0.05, 0.1) is 5.69 Å². The molecule has 3 rings (SSSR count). The summed E-state index contributed by atoms with van der Waals surface area (Å²) in [5.74, 6) is 0. The predicted molar refractivity (Wildman–Crippen MR) is 73.3 cm³/mol. The van der Waals surface area contributed by atoms with Gasteiger partial charge in [-0.15, -0.1) is 0 Å². The first kappa shape index (κ1) is 11.0. The van der Waals surface area contributed by atoms with Gasteiger partial charge in [0.1, 0.15) is 12.0 Å². The van der Waals surface area contributed by atoms with Gasteiger partial charge in [-0.1, -0.05) is 30.3 Å². The average Bonchev–Trinajstić information content (AvgIpc) is 2.83. The molecule has 2 aromatic heterocycles. The van der Waals surface area contributed by atoms with Crippen molar-refractivity contribution in [3.8, 4) is 11.3 Å². The number of aromatic nitrogens is 3. The molecule has 1 aromatic carbocycles. The van der Waals surface area contributed by atoms with Crippen LogP contribution in [0.2, 0.25) is 0 Å². The molecule has 3 heteroatoms. The third-order valence-electron chi connectivity index (χ3n) is 3.11. The van der Waals surface area contributed by atoms with Crippen LogP contribution in [0.4, 0.5) is 0 Å². The Morgan fingerprint density at radius 1 is 1.00 bits per heavy atom. The smallest absolute Gasteiger partial charge is 0.144 e. The number of fused-ring (bicyclic) bond motifs is 1. The van der Waals surface area contributed by atoms with Crippen molar-refractivity contribution in [2.75, 3.05) is 0 Å². The summed E-state index contributed by atoms with van der Waals surface area (Å²) in [6, 6.07) is 12.7. The van der Waals surface area contributed by atoms with Crippen molar-refractivity contribution in [3.63, 3.8) is 0 Å². The van der Waals surface area contributed by atoms with Crippen molar-refractivity contribution in [2.24, 2.45) is 0 Å². The van der Waals surface area contributed by atoms with Crippen molar-refractivity contribution in [1.29, 1.82) is 0 Å². The van der Waals surface area contributed by atoms with Gasteiger partial charge in [0.2, 0.25) is 0 Å². The van der Waals surface area contributed by atoms with Crippen molar-refractivity contribution < 1.29 is 0 Å². The Labute approximate surface area is 106 Å². The van der Waals surface area contributed by atoms with Gasteiger partial charge < -0.3 is 4.57 Å². The van der Waals surface area contributed by atoms with E-state index in [4.69, 9.17) is 0 Å². The van der Waals surface area contributed by atoms with Gasteiger partial charge in [0, 0.05) is 23.2 Å². The highest BCUT2D eigenvalue weighted by molar-refractivity contribution is 5.90. The van der Waals surface area contributed by atoms with Gasteiger partial charge >= 0.3 is 0 Å². The van der Waals surface area contributed by atoms with E-state index in [0.29, 0.717) is 6.04 Å². The van der Waals surface area contributed by atoms with Gasteiger partial charge in [0.15, 0.2) is 0 Å². The van der Waals surface area contributed by atoms with Gasteiger partial charge in [-0.05, 0) is 19.9 Å². The van der Waals surface area contributed by atoms with Crippen LogP contribution < -0.4 is 0 Å². The monoisotopic (exact) mass is 237 g/mol. The first-order chi connectivity index (χ1) is 8.77. The molecule has 0 saturated heterocycles. The maximum Gasteiger partial charge on any atom is 0.144 e. The van der Waals surface area contributed by atoms with E-state index in [-0.39, 0.29) is 0 Å². The summed E-state index contributed by atoms with van der Waals surface area (Å²) in [7, 11) is 0. The topological polar surface area (TPSA) is 30.7 Å². The fourth-order valence-electron chi connectivity index (χ4n) is 2.21. The third kappa shape index (κ3) is 1.68. The highest BCUT2D eigenvalue weighted by atomic mass is 15.1. The van der Waals surface area contributed by atoms with Gasteiger partial charge in [-0.3, -0.25) is 0 Å². The molecule has 0 spiro atoms. The fraction of sp³-hybridized carbons (Fsp3) is 0.200. The molecule has 3 aromatic rings. The van der Waals surface area contributed by atoms with Gasteiger partial charge in [-0.25, -0.2) is 9.97 Å². The molecule has 0 amide bonds. The summed E-state index contributed by atoms with van der Waals surface area (Å²) in [4.78, 5) is 8.83. The standard InChI is InChI=1S/C15H15N3/c1-11(2)18-9-8-13-14(16-10-17-15(13)18)12-6-4-3-5-7-12/h3-11H,1-2H3. The Hall–Kier alpha value is -2.16. The quantitative estimate of drug-likeness (QED) is 0.680. The molecule has 0 N–H and O–H groups in total. The van der Waals surface area contributed by atoms with Crippen molar-refractivity contribution in [1.82, 2.24) is 14.5 Å². The Balaban J connectivity index is 2.26. The van der Waals surface area contributed by atoms with Crippen molar-refractivity contribution in [3.05, 3.63) is 48.9 Å². The Morgan fingerprint density at radius 2 is 1.78 bits per heavy atom. The van der Waals surface area contributed by atoms with Crippen LogP contribution >= 0.6 is 0 Å². The van der Waals surface area contributed by atoms with Gasteiger partial charge in [0.25, 0.3) is 0 Å². The van der Waals surface area contributed by atoms with E-state index in [0.717, 1.165) is 22.3 Å². The Bertz CT molecular complexity index is 669. The lowest BCUT2D eigenvalue weighted by Gasteiger charge is -2.08. The molecule has 0 atom stereocenters. The zero-order valence-electron chi connectivity index (χ0n) is 10.5. The molecule has 18 heavy (non-hydrogen) atoms. The minimum Gasteiger partial charge on any atom is -0.330 e. The summed E-state index contributed by atoms with van der Waals surface area (Å²) in [5, 5.41) is 1.11. The van der Waals surface area contributed by atoms with E-state index in [9.17, 15) is 0 Å². The second-order valence-corrected chi connectivity index (χ2v) is 4.64. The molecule has 0 aliphatic rings. The SMILES string of the molecule is CC(C)n1ccc2c(-c3ccccc3)ncnc21. The number of rotatable bonds is 2. The minimum absolute atomic E-state index is 0.404. The number of nitrogens with zero attached hydrogens (tertiary/aromatic N) is 3. The lowest BCUT2D eigenvalue weighted by molar-refractivity contribution is 0.617. The zero-order chi connectivity index (χ0) is 12.5. The number of hydrogen-bond acceptors (Lipinski definition) is 2. The summed E-state index contributed by atoms with van der Waals surface area (Å²) in [6.45, 7) is 4.31. The molecule has 0 saturated carbocycles. The highest BCUT2D eigenvalue weighted by Crippen LogP contribution is 2.27. The van der Waals surface area contributed by atoms with E-state index < -0.39 is 0 Å². The van der Waals surface area contributed by atoms with Crippen LogP contribution in [0.25, 0.3) is 22.3 Å². The van der Waals surface area contributed by atoms with Crippen molar-refractivity contribution in [2.45, 2.75) is 19.9 Å². The number of hydrogen-bond donors (Lipinski definition) is 0.